The fourth-order valence-corrected chi connectivity index (χ4v) is 2.22. The number of carboxylic acid groups (broad SMARTS) is 1. The van der Waals surface area contributed by atoms with Gasteiger partial charge in [0.05, 0.1) is 13.5 Å². The first kappa shape index (κ1) is 10.0. The zero-order chi connectivity index (χ0) is 10.8. The number of rotatable bonds is 3. The maximum Gasteiger partial charge on any atom is 0.303 e. The van der Waals surface area contributed by atoms with Gasteiger partial charge in [0.2, 0.25) is 0 Å². The molecule has 80 valence electrons. The summed E-state index contributed by atoms with van der Waals surface area (Å²) in [5.41, 5.74) is 2.42. The van der Waals surface area contributed by atoms with Crippen LogP contribution in [-0.4, -0.2) is 18.2 Å². The lowest BCUT2D eigenvalue weighted by Gasteiger charge is -2.09. The lowest BCUT2D eigenvalue weighted by atomic mass is 9.98. The second kappa shape index (κ2) is 3.93. The van der Waals surface area contributed by atoms with Gasteiger partial charge < -0.3 is 9.84 Å². The Morgan fingerprint density at radius 1 is 1.60 bits per heavy atom. The van der Waals surface area contributed by atoms with Gasteiger partial charge in [-0.25, -0.2) is 0 Å². The molecule has 2 rings (SSSR count). The van der Waals surface area contributed by atoms with Crippen LogP contribution in [0.15, 0.2) is 18.2 Å². The molecule has 0 radical (unpaired) electrons. The average molecular weight is 206 g/mol. The quantitative estimate of drug-likeness (QED) is 0.824. The van der Waals surface area contributed by atoms with E-state index >= 15 is 0 Å². The number of hydrogen-bond acceptors (Lipinski definition) is 2. The Morgan fingerprint density at radius 2 is 2.40 bits per heavy atom. The third kappa shape index (κ3) is 1.96. The van der Waals surface area contributed by atoms with Gasteiger partial charge in [-0.05, 0) is 42.0 Å². The van der Waals surface area contributed by atoms with E-state index in [4.69, 9.17) is 9.84 Å². The summed E-state index contributed by atoms with van der Waals surface area (Å²) in [6.07, 6.45) is 2.15. The van der Waals surface area contributed by atoms with Crippen molar-refractivity contribution in [2.75, 3.05) is 7.11 Å². The van der Waals surface area contributed by atoms with Crippen LogP contribution in [0.3, 0.4) is 0 Å². The molecule has 1 aliphatic carbocycles. The van der Waals surface area contributed by atoms with Crippen LogP contribution in [0.2, 0.25) is 0 Å². The zero-order valence-electron chi connectivity index (χ0n) is 8.69. The third-order valence-electron chi connectivity index (χ3n) is 2.98. The second-order valence-electron chi connectivity index (χ2n) is 3.90. The summed E-state index contributed by atoms with van der Waals surface area (Å²) >= 11 is 0. The highest BCUT2D eigenvalue weighted by molar-refractivity contribution is 5.68. The van der Waals surface area contributed by atoms with Crippen LogP contribution in [0.1, 0.15) is 29.9 Å². The monoisotopic (exact) mass is 206 g/mol. The van der Waals surface area contributed by atoms with Crippen molar-refractivity contribution >= 4 is 5.97 Å². The highest BCUT2D eigenvalue weighted by atomic mass is 16.5. The number of carboxylic acids is 1. The summed E-state index contributed by atoms with van der Waals surface area (Å²) in [7, 11) is 1.63. The number of fused-ring (bicyclic) bond motifs is 1. The van der Waals surface area contributed by atoms with E-state index in [1.807, 2.05) is 18.2 Å². The summed E-state index contributed by atoms with van der Waals surface area (Å²) < 4.78 is 5.15. The van der Waals surface area contributed by atoms with Crippen LogP contribution < -0.4 is 4.74 Å². The van der Waals surface area contributed by atoms with Crippen molar-refractivity contribution in [2.45, 2.75) is 25.2 Å². The Morgan fingerprint density at radius 3 is 3.07 bits per heavy atom. The molecule has 0 heterocycles. The molecule has 0 aromatic heterocycles. The molecule has 1 aromatic carbocycles. The molecule has 0 unspecified atom stereocenters. The molecule has 0 bridgehead atoms. The number of methoxy groups -OCH3 is 1. The third-order valence-corrected chi connectivity index (χ3v) is 2.98. The van der Waals surface area contributed by atoms with Crippen LogP contribution in [0.5, 0.6) is 5.75 Å². The number of aryl methyl sites for hydroxylation is 1. The predicted molar refractivity (Wildman–Crippen MR) is 56.3 cm³/mol. The van der Waals surface area contributed by atoms with E-state index in [1.54, 1.807) is 7.11 Å². The van der Waals surface area contributed by atoms with Gasteiger partial charge >= 0.3 is 5.97 Å². The molecule has 1 aromatic rings. The SMILES string of the molecule is COc1ccc2c(c1)[C@H](CC(=O)O)CC2. The number of ether oxygens (including phenoxy) is 1. The van der Waals surface area contributed by atoms with E-state index in [-0.39, 0.29) is 12.3 Å². The number of benzene rings is 1. The molecule has 0 spiro atoms. The largest absolute Gasteiger partial charge is 0.497 e. The minimum atomic E-state index is -0.726. The Kier molecular flexibility index (Phi) is 2.62. The molecule has 1 aliphatic rings. The maximum atomic E-state index is 10.7. The van der Waals surface area contributed by atoms with Gasteiger partial charge in [0.15, 0.2) is 0 Å². The van der Waals surface area contributed by atoms with E-state index in [0.717, 1.165) is 24.2 Å². The second-order valence-corrected chi connectivity index (χ2v) is 3.90. The van der Waals surface area contributed by atoms with Crippen LogP contribution in [-0.2, 0) is 11.2 Å². The first-order valence-corrected chi connectivity index (χ1v) is 5.09. The molecule has 0 saturated heterocycles. The van der Waals surface area contributed by atoms with Gasteiger partial charge in [-0.1, -0.05) is 6.07 Å². The number of aliphatic carboxylic acids is 1. The molecule has 3 nitrogen and oxygen atoms in total. The van der Waals surface area contributed by atoms with E-state index < -0.39 is 5.97 Å². The molecule has 0 fully saturated rings. The fraction of sp³-hybridized carbons (Fsp3) is 0.417. The standard InChI is InChI=1S/C12H14O3/c1-15-10-5-4-8-2-3-9(6-12(13)14)11(8)7-10/h4-5,7,9H,2-3,6H2,1H3,(H,13,14)/t9-/m0/s1. The smallest absolute Gasteiger partial charge is 0.303 e. The van der Waals surface area contributed by atoms with E-state index in [0.29, 0.717) is 0 Å². The highest BCUT2D eigenvalue weighted by Crippen LogP contribution is 2.37. The normalized spacial score (nSPS) is 18.6. The minimum Gasteiger partial charge on any atom is -0.497 e. The van der Waals surface area contributed by atoms with Crippen molar-refractivity contribution < 1.29 is 14.6 Å². The Bertz CT molecular complexity index is 384. The molecule has 15 heavy (non-hydrogen) atoms. The van der Waals surface area contributed by atoms with Crippen molar-refractivity contribution in [3.63, 3.8) is 0 Å². The number of carbonyl (C=O) groups is 1. The van der Waals surface area contributed by atoms with Crippen molar-refractivity contribution in [1.29, 1.82) is 0 Å². The Labute approximate surface area is 88.7 Å². The Balaban J connectivity index is 2.27. The molecular formula is C12H14O3. The Hall–Kier alpha value is -1.51. The van der Waals surface area contributed by atoms with Crippen LogP contribution in [0.4, 0.5) is 0 Å². The minimum absolute atomic E-state index is 0.160. The summed E-state index contributed by atoms with van der Waals surface area (Å²) in [5.74, 6) is 0.245. The highest BCUT2D eigenvalue weighted by Gasteiger charge is 2.24. The van der Waals surface area contributed by atoms with Crippen molar-refractivity contribution in [3.8, 4) is 5.75 Å². The summed E-state index contributed by atoms with van der Waals surface area (Å²) in [6, 6.07) is 5.94. The van der Waals surface area contributed by atoms with Gasteiger partial charge in [-0.3, -0.25) is 4.79 Å². The average Bonchev–Trinajstić information content (AvgIpc) is 2.60. The van der Waals surface area contributed by atoms with Crippen LogP contribution in [0, 0.1) is 0 Å². The number of hydrogen-bond donors (Lipinski definition) is 1. The van der Waals surface area contributed by atoms with Gasteiger partial charge in [0.1, 0.15) is 5.75 Å². The lowest BCUT2D eigenvalue weighted by Crippen LogP contribution is -2.03. The summed E-state index contributed by atoms with van der Waals surface area (Å²) in [6.45, 7) is 0. The molecule has 0 saturated carbocycles. The van der Waals surface area contributed by atoms with Crippen LogP contribution >= 0.6 is 0 Å². The molecule has 0 aliphatic heterocycles. The van der Waals surface area contributed by atoms with Gasteiger partial charge in [-0.2, -0.15) is 0 Å². The van der Waals surface area contributed by atoms with Crippen molar-refractivity contribution in [2.24, 2.45) is 0 Å². The molecule has 3 heteroatoms. The van der Waals surface area contributed by atoms with Gasteiger partial charge in [-0.15, -0.1) is 0 Å². The maximum absolute atomic E-state index is 10.7. The lowest BCUT2D eigenvalue weighted by molar-refractivity contribution is -0.137. The van der Waals surface area contributed by atoms with Crippen molar-refractivity contribution in [1.82, 2.24) is 0 Å². The van der Waals surface area contributed by atoms with E-state index in [1.165, 1.54) is 5.56 Å². The van der Waals surface area contributed by atoms with Crippen LogP contribution in [0.25, 0.3) is 0 Å². The summed E-state index contributed by atoms with van der Waals surface area (Å²) in [5, 5.41) is 8.79. The molecule has 0 amide bonds. The fourth-order valence-electron chi connectivity index (χ4n) is 2.22. The van der Waals surface area contributed by atoms with Gasteiger partial charge in [0.25, 0.3) is 0 Å². The zero-order valence-corrected chi connectivity index (χ0v) is 8.69. The predicted octanol–water partition coefficient (Wildman–Crippen LogP) is 2.20. The topological polar surface area (TPSA) is 46.5 Å². The van der Waals surface area contributed by atoms with E-state index in [2.05, 4.69) is 0 Å². The molecule has 1 N–H and O–H groups in total. The molecular weight excluding hydrogens is 192 g/mol. The summed E-state index contributed by atoms with van der Waals surface area (Å²) in [4.78, 5) is 10.7. The first-order chi connectivity index (χ1) is 7.20. The van der Waals surface area contributed by atoms with Gasteiger partial charge in [0, 0.05) is 0 Å². The first-order valence-electron chi connectivity index (χ1n) is 5.09. The molecule has 1 atom stereocenters. The van der Waals surface area contributed by atoms with E-state index in [9.17, 15) is 4.79 Å². The van der Waals surface area contributed by atoms with Crippen molar-refractivity contribution in [3.05, 3.63) is 29.3 Å².